The summed E-state index contributed by atoms with van der Waals surface area (Å²) >= 11 is 0. The number of nitrogens with zero attached hydrogens (tertiary/aromatic N) is 1. The summed E-state index contributed by atoms with van der Waals surface area (Å²) in [6.45, 7) is 2.34. The fourth-order valence-corrected chi connectivity index (χ4v) is 1.79. The predicted octanol–water partition coefficient (Wildman–Crippen LogP) is 2.81. The first kappa shape index (κ1) is 13.4. The normalized spacial score (nSPS) is 12.2. The van der Waals surface area contributed by atoms with Crippen molar-refractivity contribution in [2.24, 2.45) is 5.73 Å². The second-order valence-corrected chi connectivity index (χ2v) is 4.01. The first-order valence-electron chi connectivity index (χ1n) is 5.90. The van der Waals surface area contributed by atoms with Gasteiger partial charge in [0.2, 0.25) is 0 Å². The molecule has 2 aromatic rings. The number of hydrogen-bond acceptors (Lipinski definition) is 3. The van der Waals surface area contributed by atoms with Gasteiger partial charge in [0.25, 0.3) is 0 Å². The highest BCUT2D eigenvalue weighted by atomic mass is 19.2. The summed E-state index contributed by atoms with van der Waals surface area (Å²) in [5.74, 6) is -1.30. The lowest BCUT2D eigenvalue weighted by Gasteiger charge is -2.14. The molecule has 0 fully saturated rings. The lowest BCUT2D eigenvalue weighted by atomic mass is 10.0. The van der Waals surface area contributed by atoms with Crippen molar-refractivity contribution in [3.8, 4) is 5.75 Å². The minimum Gasteiger partial charge on any atom is -0.492 e. The highest BCUT2D eigenvalue weighted by Gasteiger charge is 2.17. The molecule has 0 aliphatic rings. The molecular weight excluding hydrogens is 250 g/mol. The fourth-order valence-electron chi connectivity index (χ4n) is 1.79. The average Bonchev–Trinajstić information content (AvgIpc) is 2.42. The van der Waals surface area contributed by atoms with Gasteiger partial charge in [0.15, 0.2) is 11.6 Å². The third kappa shape index (κ3) is 2.88. The molecule has 0 aliphatic heterocycles. The maximum Gasteiger partial charge on any atom is 0.163 e. The highest BCUT2D eigenvalue weighted by Crippen LogP contribution is 2.25. The zero-order chi connectivity index (χ0) is 13.8. The van der Waals surface area contributed by atoms with E-state index in [1.54, 1.807) is 12.3 Å². The van der Waals surface area contributed by atoms with Gasteiger partial charge in [-0.15, -0.1) is 0 Å². The highest BCUT2D eigenvalue weighted by molar-refractivity contribution is 5.34. The minimum absolute atomic E-state index is 0.0930. The molecule has 0 aliphatic carbocycles. The molecule has 1 aromatic carbocycles. The number of rotatable bonds is 4. The monoisotopic (exact) mass is 264 g/mol. The van der Waals surface area contributed by atoms with Crippen LogP contribution in [0.2, 0.25) is 0 Å². The molecule has 1 heterocycles. The molecule has 5 heteroatoms. The number of ether oxygens (including phenoxy) is 1. The van der Waals surface area contributed by atoms with Crippen LogP contribution in [0, 0.1) is 11.6 Å². The van der Waals surface area contributed by atoms with Crippen molar-refractivity contribution in [1.82, 2.24) is 4.98 Å². The summed E-state index contributed by atoms with van der Waals surface area (Å²) in [6, 6.07) is 4.82. The van der Waals surface area contributed by atoms with Gasteiger partial charge in [-0.3, -0.25) is 4.98 Å². The van der Waals surface area contributed by atoms with Gasteiger partial charge in [0, 0.05) is 11.8 Å². The topological polar surface area (TPSA) is 48.1 Å². The maximum atomic E-state index is 13.7. The summed E-state index contributed by atoms with van der Waals surface area (Å²) in [6.07, 6.45) is 3.05. The van der Waals surface area contributed by atoms with Crippen molar-refractivity contribution in [2.75, 3.05) is 6.61 Å². The number of halogens is 2. The Morgan fingerprint density at radius 3 is 2.84 bits per heavy atom. The van der Waals surface area contributed by atoms with E-state index in [0.29, 0.717) is 17.9 Å². The van der Waals surface area contributed by atoms with Crippen molar-refractivity contribution < 1.29 is 13.5 Å². The lowest BCUT2D eigenvalue weighted by molar-refractivity contribution is 0.338. The number of hydrogen-bond donors (Lipinski definition) is 1. The van der Waals surface area contributed by atoms with Crippen LogP contribution in [0.4, 0.5) is 8.78 Å². The first-order chi connectivity index (χ1) is 9.13. The third-order valence-electron chi connectivity index (χ3n) is 2.72. The Kier molecular flexibility index (Phi) is 4.06. The second kappa shape index (κ2) is 5.75. The van der Waals surface area contributed by atoms with E-state index >= 15 is 0 Å². The van der Waals surface area contributed by atoms with Crippen molar-refractivity contribution in [1.29, 1.82) is 0 Å². The average molecular weight is 264 g/mol. The molecule has 0 radical (unpaired) electrons. The summed E-state index contributed by atoms with van der Waals surface area (Å²) in [7, 11) is 0. The molecule has 0 bridgehead atoms. The van der Waals surface area contributed by atoms with Crippen molar-refractivity contribution in [2.45, 2.75) is 13.0 Å². The molecule has 0 saturated carbocycles. The van der Waals surface area contributed by atoms with E-state index in [2.05, 4.69) is 4.98 Å². The van der Waals surface area contributed by atoms with E-state index in [1.165, 1.54) is 18.3 Å². The quantitative estimate of drug-likeness (QED) is 0.923. The Morgan fingerprint density at radius 1 is 1.32 bits per heavy atom. The number of nitrogens with two attached hydrogens (primary N) is 1. The molecule has 2 rings (SSSR count). The van der Waals surface area contributed by atoms with Crippen LogP contribution in [0.5, 0.6) is 5.75 Å². The van der Waals surface area contributed by atoms with Crippen molar-refractivity contribution in [3.05, 3.63) is 59.4 Å². The van der Waals surface area contributed by atoms with Crippen molar-refractivity contribution in [3.63, 3.8) is 0 Å². The standard InChI is InChI=1S/C14H14F2N2O/c1-2-19-10-6-9(7-18-8-10)14(17)11-4-3-5-12(15)13(11)16/h3-8,14H,2,17H2,1H3. The van der Waals surface area contributed by atoms with Gasteiger partial charge >= 0.3 is 0 Å². The molecule has 0 amide bonds. The molecule has 1 atom stereocenters. The van der Waals surface area contributed by atoms with Crippen LogP contribution >= 0.6 is 0 Å². The van der Waals surface area contributed by atoms with Gasteiger partial charge in [-0.25, -0.2) is 8.78 Å². The van der Waals surface area contributed by atoms with Gasteiger partial charge in [0.1, 0.15) is 5.75 Å². The minimum atomic E-state index is -0.934. The summed E-state index contributed by atoms with van der Waals surface area (Å²) < 4.78 is 32.2. The molecule has 19 heavy (non-hydrogen) atoms. The lowest BCUT2D eigenvalue weighted by Crippen LogP contribution is -2.14. The maximum absolute atomic E-state index is 13.7. The molecule has 3 nitrogen and oxygen atoms in total. The van der Waals surface area contributed by atoms with Crippen LogP contribution in [-0.2, 0) is 0 Å². The summed E-state index contributed by atoms with van der Waals surface area (Å²) in [5.41, 5.74) is 6.61. The van der Waals surface area contributed by atoms with Crippen molar-refractivity contribution >= 4 is 0 Å². The second-order valence-electron chi connectivity index (χ2n) is 4.01. The van der Waals surface area contributed by atoms with Crippen LogP contribution in [0.25, 0.3) is 0 Å². The number of pyridine rings is 1. The van der Waals surface area contributed by atoms with E-state index in [-0.39, 0.29) is 5.56 Å². The van der Waals surface area contributed by atoms with Crippen LogP contribution in [0.3, 0.4) is 0 Å². The van der Waals surface area contributed by atoms with E-state index in [1.807, 2.05) is 6.92 Å². The van der Waals surface area contributed by atoms with Gasteiger partial charge < -0.3 is 10.5 Å². The molecule has 0 spiro atoms. The SMILES string of the molecule is CCOc1cncc(C(N)c2cccc(F)c2F)c1. The fraction of sp³-hybridized carbons (Fsp3) is 0.214. The van der Waals surface area contributed by atoms with Gasteiger partial charge in [-0.1, -0.05) is 12.1 Å². The molecule has 0 saturated heterocycles. The Labute approximate surface area is 110 Å². The molecular formula is C14H14F2N2O. The van der Waals surface area contributed by atoms with E-state index in [4.69, 9.17) is 10.5 Å². The zero-order valence-corrected chi connectivity index (χ0v) is 10.4. The van der Waals surface area contributed by atoms with Gasteiger partial charge in [-0.2, -0.15) is 0 Å². The zero-order valence-electron chi connectivity index (χ0n) is 10.4. The van der Waals surface area contributed by atoms with Gasteiger partial charge in [0.05, 0.1) is 18.8 Å². The Hall–Kier alpha value is -2.01. The Bertz CT molecular complexity index is 575. The smallest absolute Gasteiger partial charge is 0.163 e. The van der Waals surface area contributed by atoms with E-state index < -0.39 is 17.7 Å². The van der Waals surface area contributed by atoms with Crippen LogP contribution < -0.4 is 10.5 Å². The van der Waals surface area contributed by atoms with Crippen LogP contribution in [-0.4, -0.2) is 11.6 Å². The summed E-state index contributed by atoms with van der Waals surface area (Å²) in [5, 5.41) is 0. The van der Waals surface area contributed by atoms with Gasteiger partial charge in [-0.05, 0) is 24.6 Å². The number of aromatic nitrogens is 1. The molecule has 100 valence electrons. The predicted molar refractivity (Wildman–Crippen MR) is 67.8 cm³/mol. The molecule has 1 aromatic heterocycles. The van der Waals surface area contributed by atoms with E-state index in [9.17, 15) is 8.78 Å². The number of benzene rings is 1. The largest absolute Gasteiger partial charge is 0.492 e. The van der Waals surface area contributed by atoms with E-state index in [0.717, 1.165) is 6.07 Å². The molecule has 2 N–H and O–H groups in total. The van der Waals surface area contributed by atoms with Crippen LogP contribution in [0.1, 0.15) is 24.1 Å². The first-order valence-corrected chi connectivity index (χ1v) is 5.90. The Balaban J connectivity index is 2.35. The summed E-state index contributed by atoms with van der Waals surface area (Å²) in [4.78, 5) is 3.98. The molecule has 1 unspecified atom stereocenters. The Morgan fingerprint density at radius 2 is 2.11 bits per heavy atom. The third-order valence-corrected chi connectivity index (χ3v) is 2.72. The van der Waals surface area contributed by atoms with Crippen LogP contribution in [0.15, 0.2) is 36.7 Å².